The molecule has 0 atom stereocenters. The van der Waals surface area contributed by atoms with Crippen LogP contribution in [0.25, 0.3) is 10.2 Å². The molecule has 0 radical (unpaired) electrons. The van der Waals surface area contributed by atoms with Gasteiger partial charge >= 0.3 is 0 Å². The fourth-order valence-electron chi connectivity index (χ4n) is 3.18. The van der Waals surface area contributed by atoms with Gasteiger partial charge < -0.3 is 4.42 Å². The van der Waals surface area contributed by atoms with Crippen molar-refractivity contribution in [3.05, 3.63) is 47.4 Å². The quantitative estimate of drug-likeness (QED) is 0.439. The molecule has 7 heteroatoms. The van der Waals surface area contributed by atoms with Crippen molar-refractivity contribution >= 4 is 50.4 Å². The molecule has 0 bridgehead atoms. The molecule has 5 nitrogen and oxygen atoms in total. The molecule has 3 aromatic rings. The number of thiazole rings is 1. The Morgan fingerprint density at radius 2 is 2.15 bits per heavy atom. The van der Waals surface area contributed by atoms with E-state index < -0.39 is 0 Å². The summed E-state index contributed by atoms with van der Waals surface area (Å²) in [7, 11) is 0. The van der Waals surface area contributed by atoms with Crippen LogP contribution in [0.15, 0.2) is 46.1 Å². The van der Waals surface area contributed by atoms with Gasteiger partial charge in [-0.1, -0.05) is 42.2 Å². The van der Waals surface area contributed by atoms with Crippen LogP contribution < -0.4 is 5.01 Å². The van der Waals surface area contributed by atoms with E-state index >= 15 is 0 Å². The van der Waals surface area contributed by atoms with E-state index in [0.717, 1.165) is 35.9 Å². The monoisotopic (exact) mass is 387 g/mol. The number of anilines is 1. The van der Waals surface area contributed by atoms with Crippen molar-refractivity contribution in [1.82, 2.24) is 4.98 Å². The minimum Gasteiger partial charge on any atom is -0.463 e. The molecule has 1 saturated carbocycles. The minimum atomic E-state index is -0.00639. The van der Waals surface area contributed by atoms with Crippen LogP contribution in [0.1, 0.15) is 37.9 Å². The number of fused-ring (bicyclic) bond motifs is 1. The van der Waals surface area contributed by atoms with Crippen LogP contribution in [0, 0.1) is 5.92 Å². The highest BCUT2D eigenvalue weighted by atomic mass is 35.5. The standard InChI is InChI=1S/C19H18ClN3O2S/c20-14-8-9-16-17(11-14)26-19(22-16)23(21-12-15-7-4-10-25-15)18(24)13-5-2-1-3-6-13/h4,7-13H,1-3,5-6H2/b21-12+. The Balaban J connectivity index is 1.69. The number of benzene rings is 1. The van der Waals surface area contributed by atoms with Crippen LogP contribution in [0.3, 0.4) is 0 Å². The van der Waals surface area contributed by atoms with E-state index in [0.29, 0.717) is 15.9 Å². The first-order valence-electron chi connectivity index (χ1n) is 8.68. The van der Waals surface area contributed by atoms with Gasteiger partial charge in [0.25, 0.3) is 5.91 Å². The van der Waals surface area contributed by atoms with E-state index in [9.17, 15) is 4.79 Å². The molecule has 0 aliphatic heterocycles. The van der Waals surface area contributed by atoms with Gasteiger partial charge in [0.1, 0.15) is 5.76 Å². The molecule has 1 aliphatic carbocycles. The SMILES string of the molecule is O=C(C1CCCCC1)N(/N=C/c1ccco1)c1nc2ccc(Cl)cc2s1. The second-order valence-corrected chi connectivity index (χ2v) is 7.80. The lowest BCUT2D eigenvalue weighted by molar-refractivity contribution is -0.123. The molecular weight excluding hydrogens is 370 g/mol. The molecule has 0 spiro atoms. The number of rotatable bonds is 4. The molecule has 0 saturated heterocycles. The summed E-state index contributed by atoms with van der Waals surface area (Å²) in [5, 5.41) is 7.04. The fraction of sp³-hybridized carbons (Fsp3) is 0.316. The first-order valence-corrected chi connectivity index (χ1v) is 9.88. The Morgan fingerprint density at radius 1 is 1.31 bits per heavy atom. The predicted molar refractivity (Wildman–Crippen MR) is 105 cm³/mol. The number of nitrogens with zero attached hydrogens (tertiary/aromatic N) is 3. The molecule has 2 aromatic heterocycles. The lowest BCUT2D eigenvalue weighted by atomic mass is 9.88. The largest absolute Gasteiger partial charge is 0.463 e. The number of hydrogen-bond acceptors (Lipinski definition) is 5. The number of carbonyl (C=O) groups is 1. The minimum absolute atomic E-state index is 0.00217. The highest BCUT2D eigenvalue weighted by Crippen LogP contribution is 2.33. The first-order chi connectivity index (χ1) is 12.7. The highest BCUT2D eigenvalue weighted by Gasteiger charge is 2.28. The van der Waals surface area contributed by atoms with Crippen LogP contribution >= 0.6 is 22.9 Å². The molecule has 1 amide bonds. The average Bonchev–Trinajstić information content (AvgIpc) is 3.31. The summed E-state index contributed by atoms with van der Waals surface area (Å²) in [5.74, 6) is 0.585. The van der Waals surface area contributed by atoms with E-state index in [-0.39, 0.29) is 11.8 Å². The number of halogens is 1. The Bertz CT molecular complexity index is 930. The Hall–Kier alpha value is -2.18. The van der Waals surface area contributed by atoms with Gasteiger partial charge in [0.2, 0.25) is 5.13 Å². The predicted octanol–water partition coefficient (Wildman–Crippen LogP) is 5.49. The van der Waals surface area contributed by atoms with Gasteiger partial charge in [-0.2, -0.15) is 10.1 Å². The van der Waals surface area contributed by atoms with Gasteiger partial charge in [-0.05, 0) is 43.2 Å². The molecule has 0 N–H and O–H groups in total. The molecular formula is C19H18ClN3O2S. The number of aromatic nitrogens is 1. The third-order valence-corrected chi connectivity index (χ3v) is 5.76. The maximum Gasteiger partial charge on any atom is 0.252 e. The zero-order valence-electron chi connectivity index (χ0n) is 14.1. The summed E-state index contributed by atoms with van der Waals surface area (Å²) in [4.78, 5) is 17.7. The molecule has 1 aliphatic rings. The van der Waals surface area contributed by atoms with Crippen molar-refractivity contribution < 1.29 is 9.21 Å². The van der Waals surface area contributed by atoms with E-state index in [1.54, 1.807) is 30.7 Å². The van der Waals surface area contributed by atoms with Crippen LogP contribution in [-0.2, 0) is 4.79 Å². The van der Waals surface area contributed by atoms with Crippen molar-refractivity contribution in [2.75, 3.05) is 5.01 Å². The van der Waals surface area contributed by atoms with Gasteiger partial charge in [-0.25, -0.2) is 4.98 Å². The third kappa shape index (κ3) is 3.66. The number of hydrazone groups is 1. The summed E-state index contributed by atoms with van der Waals surface area (Å²) in [6, 6.07) is 9.10. The summed E-state index contributed by atoms with van der Waals surface area (Å²) in [6.45, 7) is 0. The zero-order valence-corrected chi connectivity index (χ0v) is 15.7. The number of furan rings is 1. The molecule has 134 valence electrons. The van der Waals surface area contributed by atoms with Crippen molar-refractivity contribution in [3.63, 3.8) is 0 Å². The van der Waals surface area contributed by atoms with Gasteiger partial charge in [0.05, 0.1) is 22.7 Å². The summed E-state index contributed by atoms with van der Waals surface area (Å²) in [6.07, 6.45) is 8.31. The van der Waals surface area contributed by atoms with Crippen LogP contribution in [0.5, 0.6) is 0 Å². The van der Waals surface area contributed by atoms with E-state index in [1.807, 2.05) is 12.1 Å². The van der Waals surface area contributed by atoms with Crippen molar-refractivity contribution in [2.24, 2.45) is 11.0 Å². The average molecular weight is 388 g/mol. The lowest BCUT2D eigenvalue weighted by Gasteiger charge is -2.24. The Labute approximate surface area is 160 Å². The molecule has 1 aromatic carbocycles. The normalized spacial score (nSPS) is 15.7. The second-order valence-electron chi connectivity index (χ2n) is 6.35. The maximum atomic E-state index is 13.1. The Kier molecular flexibility index (Phi) is 5.04. The van der Waals surface area contributed by atoms with Gasteiger partial charge in [0, 0.05) is 10.9 Å². The van der Waals surface area contributed by atoms with Gasteiger partial charge in [-0.15, -0.1) is 0 Å². The van der Waals surface area contributed by atoms with Crippen molar-refractivity contribution in [2.45, 2.75) is 32.1 Å². The number of amides is 1. The lowest BCUT2D eigenvalue weighted by Crippen LogP contribution is -2.33. The maximum absolute atomic E-state index is 13.1. The highest BCUT2D eigenvalue weighted by molar-refractivity contribution is 7.22. The molecule has 4 rings (SSSR count). The summed E-state index contributed by atoms with van der Waals surface area (Å²) in [5.41, 5.74) is 0.809. The van der Waals surface area contributed by atoms with E-state index in [1.165, 1.54) is 22.8 Å². The van der Waals surface area contributed by atoms with E-state index in [4.69, 9.17) is 16.0 Å². The van der Waals surface area contributed by atoms with Crippen LogP contribution in [-0.4, -0.2) is 17.1 Å². The summed E-state index contributed by atoms with van der Waals surface area (Å²) >= 11 is 7.49. The molecule has 26 heavy (non-hydrogen) atoms. The smallest absolute Gasteiger partial charge is 0.252 e. The third-order valence-electron chi connectivity index (χ3n) is 4.53. The van der Waals surface area contributed by atoms with Crippen molar-refractivity contribution in [1.29, 1.82) is 0 Å². The molecule has 1 fully saturated rings. The van der Waals surface area contributed by atoms with Crippen LogP contribution in [0.4, 0.5) is 5.13 Å². The fourth-order valence-corrected chi connectivity index (χ4v) is 4.38. The zero-order chi connectivity index (χ0) is 17.9. The first kappa shape index (κ1) is 17.2. The summed E-state index contributed by atoms with van der Waals surface area (Å²) < 4.78 is 6.23. The molecule has 2 heterocycles. The molecule has 0 unspecified atom stereocenters. The van der Waals surface area contributed by atoms with Crippen LogP contribution in [0.2, 0.25) is 5.02 Å². The van der Waals surface area contributed by atoms with Gasteiger partial charge in [0.15, 0.2) is 0 Å². The topological polar surface area (TPSA) is 58.7 Å². The second kappa shape index (κ2) is 7.60. The van der Waals surface area contributed by atoms with Crippen molar-refractivity contribution in [3.8, 4) is 0 Å². The van der Waals surface area contributed by atoms with E-state index in [2.05, 4.69) is 10.1 Å². The number of carbonyl (C=O) groups excluding carboxylic acids is 1. The van der Waals surface area contributed by atoms with Gasteiger partial charge in [-0.3, -0.25) is 4.79 Å². The number of hydrogen-bond donors (Lipinski definition) is 0. The Morgan fingerprint density at radius 3 is 2.92 bits per heavy atom.